The topological polar surface area (TPSA) is 85.4 Å². The van der Waals surface area contributed by atoms with Crippen LogP contribution >= 0.6 is 0 Å². The van der Waals surface area contributed by atoms with E-state index < -0.39 is 12.1 Å². The molecule has 3 N–H and O–H groups in total. The van der Waals surface area contributed by atoms with Crippen molar-refractivity contribution < 1.29 is 14.6 Å². The van der Waals surface area contributed by atoms with E-state index in [9.17, 15) is 9.90 Å². The number of rotatable bonds is 9. The number of aromatic nitrogens is 1. The number of hydrogen-bond acceptors (Lipinski definition) is 5. The smallest absolute Gasteiger partial charge is 0.213 e. The monoisotopic (exact) mass is 314 g/mol. The summed E-state index contributed by atoms with van der Waals surface area (Å²) in [6, 6.07) is 14.4. The van der Waals surface area contributed by atoms with E-state index in [1.54, 1.807) is 18.3 Å². The van der Waals surface area contributed by atoms with Gasteiger partial charge in [-0.3, -0.25) is 4.79 Å². The van der Waals surface area contributed by atoms with Gasteiger partial charge < -0.3 is 15.6 Å². The lowest BCUT2D eigenvalue weighted by molar-refractivity contribution is -0.128. The predicted molar refractivity (Wildman–Crippen MR) is 88.1 cm³/mol. The van der Waals surface area contributed by atoms with Crippen LogP contribution in [0.25, 0.3) is 0 Å². The number of Topliss-reactive ketones (excluding diaryl/α,β-unsaturated/α-hetero) is 1. The molecule has 122 valence electrons. The molecule has 2 rings (SSSR count). The second-order valence-electron chi connectivity index (χ2n) is 5.38. The van der Waals surface area contributed by atoms with Crippen molar-refractivity contribution >= 4 is 5.78 Å². The molecule has 0 aliphatic heterocycles. The van der Waals surface area contributed by atoms with Crippen LogP contribution in [-0.4, -0.2) is 34.6 Å². The fourth-order valence-electron chi connectivity index (χ4n) is 2.24. The van der Waals surface area contributed by atoms with Crippen molar-refractivity contribution in [2.24, 2.45) is 5.73 Å². The van der Waals surface area contributed by atoms with Crippen molar-refractivity contribution in [1.29, 1.82) is 0 Å². The molecule has 0 saturated carbocycles. The van der Waals surface area contributed by atoms with Gasteiger partial charge in [0.15, 0.2) is 5.78 Å². The van der Waals surface area contributed by atoms with Crippen LogP contribution in [0, 0.1) is 0 Å². The van der Waals surface area contributed by atoms with Crippen LogP contribution in [0.3, 0.4) is 0 Å². The zero-order valence-corrected chi connectivity index (χ0v) is 13.0. The summed E-state index contributed by atoms with van der Waals surface area (Å²) >= 11 is 0. The van der Waals surface area contributed by atoms with Crippen LogP contribution in [-0.2, 0) is 11.2 Å². The number of carbonyl (C=O) groups is 1. The quantitative estimate of drug-likeness (QED) is 0.689. The van der Waals surface area contributed by atoms with Crippen molar-refractivity contribution in [1.82, 2.24) is 4.98 Å². The number of carbonyl (C=O) groups excluding carboxylic acids is 1. The Bertz CT molecular complexity index is 590. The first-order valence-corrected chi connectivity index (χ1v) is 7.71. The van der Waals surface area contributed by atoms with Crippen LogP contribution in [0.4, 0.5) is 0 Å². The SMILES string of the molecule is NC(Cc1ccccc1)C(O)C(=O)CCCOc1ccccn1. The maximum atomic E-state index is 12.0. The predicted octanol–water partition coefficient (Wildman–Crippen LogP) is 1.74. The molecule has 1 heterocycles. The maximum Gasteiger partial charge on any atom is 0.213 e. The lowest BCUT2D eigenvalue weighted by atomic mass is 9.97. The van der Waals surface area contributed by atoms with E-state index in [1.807, 2.05) is 36.4 Å². The van der Waals surface area contributed by atoms with E-state index in [1.165, 1.54) is 0 Å². The zero-order chi connectivity index (χ0) is 16.5. The summed E-state index contributed by atoms with van der Waals surface area (Å²) in [5, 5.41) is 10.0. The maximum absolute atomic E-state index is 12.0. The third-order valence-corrected chi connectivity index (χ3v) is 3.50. The number of aliphatic hydroxyl groups is 1. The molecule has 0 spiro atoms. The van der Waals surface area contributed by atoms with Gasteiger partial charge in [0, 0.05) is 24.7 Å². The number of benzene rings is 1. The highest BCUT2D eigenvalue weighted by Crippen LogP contribution is 2.08. The van der Waals surface area contributed by atoms with Gasteiger partial charge in [-0.2, -0.15) is 0 Å². The summed E-state index contributed by atoms with van der Waals surface area (Å²) in [6.45, 7) is 0.378. The Kier molecular flexibility index (Phi) is 6.72. The minimum Gasteiger partial charge on any atom is -0.478 e. The van der Waals surface area contributed by atoms with Crippen molar-refractivity contribution in [3.8, 4) is 5.88 Å². The molecule has 1 aromatic carbocycles. The molecule has 5 nitrogen and oxygen atoms in total. The Morgan fingerprint density at radius 2 is 1.91 bits per heavy atom. The number of nitrogens with two attached hydrogens (primary N) is 1. The largest absolute Gasteiger partial charge is 0.478 e. The van der Waals surface area contributed by atoms with Gasteiger partial charge in [0.25, 0.3) is 0 Å². The first-order valence-electron chi connectivity index (χ1n) is 7.71. The highest BCUT2D eigenvalue weighted by molar-refractivity contribution is 5.83. The van der Waals surface area contributed by atoms with Crippen molar-refractivity contribution in [2.45, 2.75) is 31.4 Å². The summed E-state index contributed by atoms with van der Waals surface area (Å²) in [4.78, 5) is 16.0. The highest BCUT2D eigenvalue weighted by atomic mass is 16.5. The minimum absolute atomic E-state index is 0.233. The second-order valence-corrected chi connectivity index (χ2v) is 5.38. The van der Waals surface area contributed by atoms with Gasteiger partial charge in [-0.25, -0.2) is 4.98 Å². The van der Waals surface area contributed by atoms with E-state index in [2.05, 4.69) is 4.98 Å². The van der Waals surface area contributed by atoms with Gasteiger partial charge in [0.1, 0.15) is 6.10 Å². The van der Waals surface area contributed by atoms with E-state index in [-0.39, 0.29) is 12.2 Å². The number of pyridine rings is 1. The van der Waals surface area contributed by atoms with Gasteiger partial charge in [0.05, 0.1) is 6.61 Å². The van der Waals surface area contributed by atoms with Crippen molar-refractivity contribution in [2.75, 3.05) is 6.61 Å². The lowest BCUT2D eigenvalue weighted by Gasteiger charge is -2.18. The normalized spacial score (nSPS) is 13.3. The van der Waals surface area contributed by atoms with Gasteiger partial charge in [-0.05, 0) is 24.5 Å². The molecule has 0 amide bonds. The van der Waals surface area contributed by atoms with E-state index in [0.717, 1.165) is 5.56 Å². The Labute approximate surface area is 136 Å². The Hall–Kier alpha value is -2.24. The Balaban J connectivity index is 1.70. The Morgan fingerprint density at radius 1 is 1.17 bits per heavy atom. The molecule has 0 aliphatic rings. The third-order valence-electron chi connectivity index (χ3n) is 3.50. The first-order chi connectivity index (χ1) is 11.2. The fraction of sp³-hybridized carbons (Fsp3) is 0.333. The molecular weight excluding hydrogens is 292 g/mol. The van der Waals surface area contributed by atoms with Crippen molar-refractivity contribution in [3.05, 3.63) is 60.3 Å². The minimum atomic E-state index is -1.15. The number of ketones is 1. The van der Waals surface area contributed by atoms with E-state index in [0.29, 0.717) is 25.3 Å². The summed E-state index contributed by atoms with van der Waals surface area (Å²) in [5.41, 5.74) is 6.94. The molecular formula is C18H22N2O3. The van der Waals surface area contributed by atoms with Gasteiger partial charge in [-0.15, -0.1) is 0 Å². The Morgan fingerprint density at radius 3 is 2.61 bits per heavy atom. The molecule has 1 aromatic heterocycles. The molecule has 2 atom stereocenters. The van der Waals surface area contributed by atoms with E-state index >= 15 is 0 Å². The van der Waals surface area contributed by atoms with E-state index in [4.69, 9.17) is 10.5 Å². The molecule has 2 unspecified atom stereocenters. The third kappa shape index (κ3) is 5.81. The van der Waals surface area contributed by atoms with Crippen LogP contribution < -0.4 is 10.5 Å². The average Bonchev–Trinajstić information content (AvgIpc) is 2.59. The number of ether oxygens (including phenoxy) is 1. The number of hydrogen-bond donors (Lipinski definition) is 2. The lowest BCUT2D eigenvalue weighted by Crippen LogP contribution is -2.42. The number of nitrogens with zero attached hydrogens (tertiary/aromatic N) is 1. The summed E-state index contributed by atoms with van der Waals surface area (Å²) in [7, 11) is 0. The zero-order valence-electron chi connectivity index (χ0n) is 13.0. The standard InChI is InChI=1S/C18H22N2O3/c19-15(13-14-7-2-1-3-8-14)18(22)16(21)9-6-12-23-17-10-4-5-11-20-17/h1-5,7-8,10-11,15,18,22H,6,9,12-13,19H2. The second kappa shape index (κ2) is 9.02. The van der Waals surface area contributed by atoms with Gasteiger partial charge in [-0.1, -0.05) is 36.4 Å². The average molecular weight is 314 g/mol. The van der Waals surface area contributed by atoms with Crippen LogP contribution in [0.15, 0.2) is 54.7 Å². The molecule has 0 bridgehead atoms. The van der Waals surface area contributed by atoms with Crippen LogP contribution in [0.5, 0.6) is 5.88 Å². The van der Waals surface area contributed by atoms with Crippen LogP contribution in [0.2, 0.25) is 0 Å². The molecule has 0 saturated heterocycles. The number of aliphatic hydroxyl groups excluding tert-OH is 1. The molecule has 0 radical (unpaired) electrons. The molecule has 0 aliphatic carbocycles. The summed E-state index contributed by atoms with van der Waals surface area (Å²) in [5.74, 6) is 0.277. The summed E-state index contributed by atoms with van der Waals surface area (Å²) in [6.07, 6.45) is 1.72. The van der Waals surface area contributed by atoms with Gasteiger partial charge in [0.2, 0.25) is 5.88 Å². The molecule has 5 heteroatoms. The highest BCUT2D eigenvalue weighted by Gasteiger charge is 2.22. The fourth-order valence-corrected chi connectivity index (χ4v) is 2.24. The van der Waals surface area contributed by atoms with Crippen molar-refractivity contribution in [3.63, 3.8) is 0 Å². The van der Waals surface area contributed by atoms with Gasteiger partial charge >= 0.3 is 0 Å². The first kappa shape index (κ1) is 17.1. The molecule has 0 fully saturated rings. The summed E-state index contributed by atoms with van der Waals surface area (Å²) < 4.78 is 5.42. The van der Waals surface area contributed by atoms with Crippen LogP contribution in [0.1, 0.15) is 18.4 Å². The molecule has 23 heavy (non-hydrogen) atoms. The molecule has 2 aromatic rings.